The van der Waals surface area contributed by atoms with E-state index >= 15 is 0 Å². The van der Waals surface area contributed by atoms with Gasteiger partial charge in [0.1, 0.15) is 0 Å². The molecule has 1 aromatic carbocycles. The van der Waals surface area contributed by atoms with Crippen LogP contribution in [0, 0.1) is 16.7 Å². The molecule has 0 N–H and O–H groups in total. The van der Waals surface area contributed by atoms with Gasteiger partial charge >= 0.3 is 0 Å². The van der Waals surface area contributed by atoms with Gasteiger partial charge in [0, 0.05) is 11.6 Å². The highest BCUT2D eigenvalue weighted by Crippen LogP contribution is 2.20. The predicted octanol–water partition coefficient (Wildman–Crippen LogP) is 4.19. The van der Waals surface area contributed by atoms with Gasteiger partial charge in [-0.25, -0.2) is 0 Å². The lowest BCUT2D eigenvalue weighted by Crippen LogP contribution is -2.09. The molecule has 0 heterocycles. The third kappa shape index (κ3) is 5.72. The Bertz CT molecular complexity index is 395. The zero-order valence-electron chi connectivity index (χ0n) is 10.4. The highest BCUT2D eigenvalue weighted by molar-refractivity contribution is 6.30. The standard InChI is InChI=1S/C14H18ClNO/c1-14(2,11-16)7-4-8-17-10-12-5-3-6-13(15)9-12/h3,5-6,9H,4,7-8,10H2,1-2H3. The number of benzene rings is 1. The van der Waals surface area contributed by atoms with Gasteiger partial charge in [-0.3, -0.25) is 0 Å². The van der Waals surface area contributed by atoms with Crippen molar-refractivity contribution in [2.24, 2.45) is 5.41 Å². The summed E-state index contributed by atoms with van der Waals surface area (Å²) in [6.07, 6.45) is 1.76. The Kier molecular flexibility index (Phi) is 5.47. The quantitative estimate of drug-likeness (QED) is 0.711. The third-order valence-corrected chi connectivity index (χ3v) is 2.79. The monoisotopic (exact) mass is 251 g/mol. The lowest BCUT2D eigenvalue weighted by atomic mass is 9.90. The minimum absolute atomic E-state index is 0.251. The Labute approximate surface area is 108 Å². The third-order valence-electron chi connectivity index (χ3n) is 2.55. The summed E-state index contributed by atoms with van der Waals surface area (Å²) in [5.41, 5.74) is 0.830. The molecule has 0 saturated heterocycles. The second-order valence-corrected chi connectivity index (χ2v) is 5.22. The van der Waals surface area contributed by atoms with E-state index in [-0.39, 0.29) is 5.41 Å². The zero-order chi connectivity index (χ0) is 12.7. The lowest BCUT2D eigenvalue weighted by Gasteiger charge is -2.14. The first-order chi connectivity index (χ1) is 8.03. The first-order valence-corrected chi connectivity index (χ1v) is 6.15. The van der Waals surface area contributed by atoms with Crippen molar-refractivity contribution in [3.05, 3.63) is 34.9 Å². The van der Waals surface area contributed by atoms with Crippen LogP contribution in [0.4, 0.5) is 0 Å². The van der Waals surface area contributed by atoms with Gasteiger partial charge in [0.25, 0.3) is 0 Å². The molecular weight excluding hydrogens is 234 g/mol. The van der Waals surface area contributed by atoms with Gasteiger partial charge in [0.05, 0.1) is 18.1 Å². The predicted molar refractivity (Wildman–Crippen MR) is 69.7 cm³/mol. The summed E-state index contributed by atoms with van der Waals surface area (Å²) in [6.45, 7) is 5.15. The van der Waals surface area contributed by atoms with Gasteiger partial charge in [-0.2, -0.15) is 5.26 Å². The summed E-state index contributed by atoms with van der Waals surface area (Å²) >= 11 is 5.87. The van der Waals surface area contributed by atoms with E-state index in [1.54, 1.807) is 0 Å². The van der Waals surface area contributed by atoms with E-state index < -0.39 is 0 Å². The van der Waals surface area contributed by atoms with Crippen molar-refractivity contribution in [1.82, 2.24) is 0 Å². The van der Waals surface area contributed by atoms with Crippen LogP contribution in [0.2, 0.25) is 5.02 Å². The number of ether oxygens (including phenoxy) is 1. The van der Waals surface area contributed by atoms with Crippen LogP contribution in [-0.4, -0.2) is 6.61 Å². The second kappa shape index (κ2) is 6.64. The molecule has 1 rings (SSSR count). The van der Waals surface area contributed by atoms with Crippen molar-refractivity contribution in [3.8, 4) is 6.07 Å². The Balaban J connectivity index is 2.19. The molecule has 0 aliphatic heterocycles. The molecule has 0 bridgehead atoms. The first kappa shape index (κ1) is 14.0. The fraction of sp³-hybridized carbons (Fsp3) is 0.500. The van der Waals surface area contributed by atoms with Crippen LogP contribution >= 0.6 is 11.6 Å². The van der Waals surface area contributed by atoms with Crippen LogP contribution in [-0.2, 0) is 11.3 Å². The molecule has 92 valence electrons. The topological polar surface area (TPSA) is 33.0 Å². The summed E-state index contributed by atoms with van der Waals surface area (Å²) in [6, 6.07) is 9.94. The van der Waals surface area contributed by atoms with E-state index in [1.807, 2.05) is 38.1 Å². The summed E-state index contributed by atoms with van der Waals surface area (Å²) < 4.78 is 5.55. The highest BCUT2D eigenvalue weighted by Gasteiger charge is 2.15. The Morgan fingerprint density at radius 2 is 2.18 bits per heavy atom. The Morgan fingerprint density at radius 3 is 2.82 bits per heavy atom. The smallest absolute Gasteiger partial charge is 0.0717 e. The van der Waals surface area contributed by atoms with E-state index in [2.05, 4.69) is 6.07 Å². The van der Waals surface area contributed by atoms with Crippen molar-refractivity contribution >= 4 is 11.6 Å². The normalized spacial score (nSPS) is 11.2. The first-order valence-electron chi connectivity index (χ1n) is 5.77. The number of hydrogen-bond donors (Lipinski definition) is 0. The van der Waals surface area contributed by atoms with E-state index in [0.29, 0.717) is 13.2 Å². The molecular formula is C14H18ClNO. The van der Waals surface area contributed by atoms with Gasteiger partial charge in [0.15, 0.2) is 0 Å². The SMILES string of the molecule is CC(C)(C#N)CCCOCc1cccc(Cl)c1. The average Bonchev–Trinajstić information content (AvgIpc) is 2.29. The molecule has 0 aromatic heterocycles. The molecule has 1 aromatic rings. The minimum Gasteiger partial charge on any atom is -0.377 e. The van der Waals surface area contributed by atoms with Crippen molar-refractivity contribution in [2.75, 3.05) is 6.61 Å². The largest absolute Gasteiger partial charge is 0.377 e. The number of hydrogen-bond acceptors (Lipinski definition) is 2. The van der Waals surface area contributed by atoms with Crippen molar-refractivity contribution < 1.29 is 4.74 Å². The molecule has 0 aliphatic carbocycles. The highest BCUT2D eigenvalue weighted by atomic mass is 35.5. The maximum atomic E-state index is 8.85. The maximum absolute atomic E-state index is 8.85. The molecule has 17 heavy (non-hydrogen) atoms. The van der Waals surface area contributed by atoms with Crippen molar-refractivity contribution in [2.45, 2.75) is 33.3 Å². The number of nitriles is 1. The van der Waals surface area contributed by atoms with Crippen LogP contribution in [0.1, 0.15) is 32.3 Å². The lowest BCUT2D eigenvalue weighted by molar-refractivity contribution is 0.112. The van der Waals surface area contributed by atoms with Crippen molar-refractivity contribution in [3.63, 3.8) is 0 Å². The number of rotatable bonds is 6. The molecule has 0 radical (unpaired) electrons. The molecule has 0 spiro atoms. The van der Waals surface area contributed by atoms with Gasteiger partial charge in [-0.15, -0.1) is 0 Å². The minimum atomic E-state index is -0.251. The summed E-state index contributed by atoms with van der Waals surface area (Å²) in [7, 11) is 0. The number of halogens is 1. The summed E-state index contributed by atoms with van der Waals surface area (Å²) in [5, 5.41) is 9.59. The fourth-order valence-electron chi connectivity index (χ4n) is 1.49. The van der Waals surface area contributed by atoms with Crippen LogP contribution in [0.25, 0.3) is 0 Å². The molecule has 0 aliphatic rings. The summed E-state index contributed by atoms with van der Waals surface area (Å²) in [5.74, 6) is 0. The van der Waals surface area contributed by atoms with E-state index in [1.165, 1.54) is 0 Å². The molecule has 0 fully saturated rings. The average molecular weight is 252 g/mol. The van der Waals surface area contributed by atoms with Crippen molar-refractivity contribution in [1.29, 1.82) is 5.26 Å². The van der Waals surface area contributed by atoms with Gasteiger partial charge in [-0.1, -0.05) is 23.7 Å². The van der Waals surface area contributed by atoms with Gasteiger partial charge in [0.2, 0.25) is 0 Å². The van der Waals surface area contributed by atoms with Crippen LogP contribution in [0.15, 0.2) is 24.3 Å². The van der Waals surface area contributed by atoms with Gasteiger partial charge in [-0.05, 0) is 44.4 Å². The van der Waals surface area contributed by atoms with E-state index in [0.717, 1.165) is 23.4 Å². The molecule has 0 atom stereocenters. The van der Waals surface area contributed by atoms with Crippen LogP contribution in [0.5, 0.6) is 0 Å². The van der Waals surface area contributed by atoms with E-state index in [9.17, 15) is 0 Å². The maximum Gasteiger partial charge on any atom is 0.0717 e. The molecule has 0 saturated carbocycles. The van der Waals surface area contributed by atoms with E-state index in [4.69, 9.17) is 21.6 Å². The fourth-order valence-corrected chi connectivity index (χ4v) is 1.70. The molecule has 2 nitrogen and oxygen atoms in total. The Morgan fingerprint density at radius 1 is 1.41 bits per heavy atom. The number of nitrogens with zero attached hydrogens (tertiary/aromatic N) is 1. The zero-order valence-corrected chi connectivity index (χ0v) is 11.1. The second-order valence-electron chi connectivity index (χ2n) is 4.78. The van der Waals surface area contributed by atoms with Crippen LogP contribution < -0.4 is 0 Å². The summed E-state index contributed by atoms with van der Waals surface area (Å²) in [4.78, 5) is 0. The van der Waals surface area contributed by atoms with Crippen LogP contribution in [0.3, 0.4) is 0 Å². The molecule has 0 amide bonds. The molecule has 0 unspecified atom stereocenters. The molecule has 3 heteroatoms. The Hall–Kier alpha value is -1.04. The van der Waals surface area contributed by atoms with Gasteiger partial charge < -0.3 is 4.74 Å².